The number of aryl methyl sites for hydroxylation is 1. The summed E-state index contributed by atoms with van der Waals surface area (Å²) in [4.78, 5) is 29.5. The van der Waals surface area contributed by atoms with Crippen molar-refractivity contribution in [2.45, 2.75) is 32.4 Å². The van der Waals surface area contributed by atoms with Crippen molar-refractivity contribution in [2.24, 2.45) is 5.92 Å². The van der Waals surface area contributed by atoms with Crippen LogP contribution in [0.1, 0.15) is 34.3 Å². The number of amides is 2. The first-order valence-corrected chi connectivity index (χ1v) is 9.43. The Morgan fingerprint density at radius 2 is 1.89 bits per heavy atom. The monoisotopic (exact) mass is 366 g/mol. The van der Waals surface area contributed by atoms with E-state index in [-0.39, 0.29) is 29.6 Å². The van der Waals surface area contributed by atoms with Crippen molar-refractivity contribution in [3.8, 4) is 0 Å². The molecular formula is C22H23FN2O2. The van der Waals surface area contributed by atoms with E-state index in [4.69, 9.17) is 0 Å². The molecule has 0 unspecified atom stereocenters. The first kappa shape index (κ1) is 17.7. The molecule has 2 amide bonds. The molecule has 140 valence electrons. The molecule has 0 radical (unpaired) electrons. The molecule has 2 aromatic rings. The zero-order chi connectivity index (χ0) is 19.0. The fourth-order valence-electron chi connectivity index (χ4n) is 4.10. The predicted molar refractivity (Wildman–Crippen MR) is 101 cm³/mol. The number of hydrogen-bond donors (Lipinski definition) is 0. The third-order valence-electron chi connectivity index (χ3n) is 5.70. The van der Waals surface area contributed by atoms with Crippen molar-refractivity contribution in [3.63, 3.8) is 0 Å². The number of fused-ring (bicyclic) bond motifs is 4. The number of piperidine rings is 1. The average Bonchev–Trinajstić information content (AvgIpc) is 2.97. The largest absolute Gasteiger partial charge is 0.336 e. The Labute approximate surface area is 158 Å². The molecule has 2 atom stereocenters. The summed E-state index contributed by atoms with van der Waals surface area (Å²) in [7, 11) is 0. The molecule has 0 N–H and O–H groups in total. The molecule has 0 spiro atoms. The molecular weight excluding hydrogens is 343 g/mol. The lowest BCUT2D eigenvalue weighted by Crippen LogP contribution is -2.47. The number of rotatable bonds is 3. The minimum absolute atomic E-state index is 0.00991. The summed E-state index contributed by atoms with van der Waals surface area (Å²) >= 11 is 0. The van der Waals surface area contributed by atoms with Crippen LogP contribution >= 0.6 is 0 Å². The first-order valence-electron chi connectivity index (χ1n) is 9.43. The third kappa shape index (κ3) is 3.46. The fraction of sp³-hybridized carbons (Fsp3) is 0.364. The van der Waals surface area contributed by atoms with Crippen LogP contribution in [0.15, 0.2) is 48.5 Å². The highest BCUT2D eigenvalue weighted by Crippen LogP contribution is 2.31. The highest BCUT2D eigenvalue weighted by atomic mass is 19.1. The van der Waals surface area contributed by atoms with Gasteiger partial charge in [-0.05, 0) is 43.0 Å². The van der Waals surface area contributed by atoms with Gasteiger partial charge in [-0.3, -0.25) is 9.59 Å². The summed E-state index contributed by atoms with van der Waals surface area (Å²) in [6, 6.07) is 14.5. The Morgan fingerprint density at radius 3 is 2.63 bits per heavy atom. The zero-order valence-electron chi connectivity index (χ0n) is 15.4. The third-order valence-corrected chi connectivity index (χ3v) is 5.70. The number of benzene rings is 2. The van der Waals surface area contributed by atoms with Crippen molar-refractivity contribution in [1.82, 2.24) is 9.80 Å². The van der Waals surface area contributed by atoms with Gasteiger partial charge in [-0.25, -0.2) is 4.39 Å². The lowest BCUT2D eigenvalue weighted by molar-refractivity contribution is -0.140. The summed E-state index contributed by atoms with van der Waals surface area (Å²) in [6.45, 7) is 3.16. The number of halogens is 1. The number of carbonyl (C=O) groups excluding carboxylic acids is 2. The van der Waals surface area contributed by atoms with E-state index in [1.165, 1.54) is 6.07 Å². The van der Waals surface area contributed by atoms with Crippen LogP contribution in [0, 0.1) is 18.7 Å². The maximum Gasteiger partial charge on any atom is 0.254 e. The molecule has 0 saturated carbocycles. The van der Waals surface area contributed by atoms with E-state index in [9.17, 15) is 14.0 Å². The van der Waals surface area contributed by atoms with Crippen LogP contribution in [0.3, 0.4) is 0 Å². The molecule has 3 saturated heterocycles. The topological polar surface area (TPSA) is 40.6 Å². The number of nitrogens with zero attached hydrogens (tertiary/aromatic N) is 2. The Bertz CT molecular complexity index is 868. The average molecular weight is 366 g/mol. The van der Waals surface area contributed by atoms with E-state index in [2.05, 4.69) is 0 Å². The molecule has 0 aliphatic carbocycles. The van der Waals surface area contributed by atoms with Crippen molar-refractivity contribution in [1.29, 1.82) is 0 Å². The second kappa shape index (κ2) is 7.14. The minimum atomic E-state index is -0.375. The van der Waals surface area contributed by atoms with E-state index >= 15 is 0 Å². The van der Waals surface area contributed by atoms with Crippen molar-refractivity contribution in [3.05, 3.63) is 71.0 Å². The summed E-state index contributed by atoms with van der Waals surface area (Å²) in [5.41, 5.74) is 1.96. The van der Waals surface area contributed by atoms with Crippen molar-refractivity contribution < 1.29 is 14.0 Å². The molecule has 4 nitrogen and oxygen atoms in total. The van der Waals surface area contributed by atoms with Crippen molar-refractivity contribution >= 4 is 11.8 Å². The Morgan fingerprint density at radius 1 is 1.11 bits per heavy atom. The van der Waals surface area contributed by atoms with Gasteiger partial charge < -0.3 is 9.80 Å². The van der Waals surface area contributed by atoms with E-state index in [1.54, 1.807) is 24.0 Å². The summed E-state index contributed by atoms with van der Waals surface area (Å²) in [5.74, 6) is -0.618. The highest BCUT2D eigenvalue weighted by molar-refractivity contribution is 5.95. The maximum atomic E-state index is 13.9. The minimum Gasteiger partial charge on any atom is -0.336 e. The lowest BCUT2D eigenvalue weighted by Gasteiger charge is -2.36. The van der Waals surface area contributed by atoms with Crippen LogP contribution < -0.4 is 0 Å². The Balaban J connectivity index is 1.56. The number of carbonyl (C=O) groups is 2. The van der Waals surface area contributed by atoms with E-state index in [0.29, 0.717) is 30.8 Å². The molecule has 3 heterocycles. The molecule has 2 aromatic carbocycles. The highest BCUT2D eigenvalue weighted by Gasteiger charge is 2.41. The van der Waals surface area contributed by atoms with Gasteiger partial charge in [-0.15, -0.1) is 0 Å². The predicted octanol–water partition coefficient (Wildman–Crippen LogP) is 3.40. The van der Waals surface area contributed by atoms with Gasteiger partial charge in [0.15, 0.2) is 0 Å². The molecule has 3 aliphatic heterocycles. The maximum absolute atomic E-state index is 13.9. The van der Waals surface area contributed by atoms with Crippen molar-refractivity contribution in [2.75, 3.05) is 13.1 Å². The fourth-order valence-corrected chi connectivity index (χ4v) is 4.10. The smallest absolute Gasteiger partial charge is 0.254 e. The van der Waals surface area contributed by atoms with Gasteiger partial charge in [-0.2, -0.15) is 0 Å². The zero-order valence-corrected chi connectivity index (χ0v) is 15.4. The van der Waals surface area contributed by atoms with Gasteiger partial charge >= 0.3 is 0 Å². The van der Waals surface area contributed by atoms with Gasteiger partial charge in [0.25, 0.3) is 5.91 Å². The normalized spacial score (nSPS) is 22.1. The molecule has 3 fully saturated rings. The van der Waals surface area contributed by atoms with Crippen LogP contribution in [0.2, 0.25) is 0 Å². The molecule has 5 rings (SSSR count). The van der Waals surface area contributed by atoms with Gasteiger partial charge in [0.1, 0.15) is 5.82 Å². The quantitative estimate of drug-likeness (QED) is 0.835. The molecule has 27 heavy (non-hydrogen) atoms. The van der Waals surface area contributed by atoms with Gasteiger partial charge in [0.2, 0.25) is 5.91 Å². The van der Waals surface area contributed by atoms with E-state index in [0.717, 1.165) is 18.4 Å². The molecule has 2 bridgehead atoms. The standard InChI is InChI=1S/C22H23FN2O2/c1-15-7-8-17(11-20(15)23)21(26)24-13-18-9-10-19(14-24)25(22(18)27)12-16-5-3-2-4-6-16/h2-8,11,18-19H,9-10,12-14H2,1H3/t18-,19+/m1/s1. The lowest BCUT2D eigenvalue weighted by atomic mass is 9.93. The Kier molecular flexibility index (Phi) is 4.68. The second-order valence-electron chi connectivity index (χ2n) is 7.55. The summed E-state index contributed by atoms with van der Waals surface area (Å²) in [6.07, 6.45) is 1.70. The van der Waals surface area contributed by atoms with Crippen LogP contribution in [0.5, 0.6) is 0 Å². The summed E-state index contributed by atoms with van der Waals surface area (Å²) in [5, 5.41) is 0. The van der Waals surface area contributed by atoms with Crippen LogP contribution in [0.25, 0.3) is 0 Å². The Hall–Kier alpha value is -2.69. The number of hydrogen-bond acceptors (Lipinski definition) is 2. The van der Waals surface area contributed by atoms with Crippen LogP contribution in [-0.2, 0) is 11.3 Å². The van der Waals surface area contributed by atoms with Gasteiger partial charge in [0, 0.05) is 31.2 Å². The van der Waals surface area contributed by atoms with Crippen LogP contribution in [0.4, 0.5) is 4.39 Å². The van der Waals surface area contributed by atoms with E-state index in [1.807, 2.05) is 35.2 Å². The van der Waals surface area contributed by atoms with Gasteiger partial charge in [-0.1, -0.05) is 36.4 Å². The van der Waals surface area contributed by atoms with E-state index < -0.39 is 0 Å². The molecule has 0 aromatic heterocycles. The SMILES string of the molecule is Cc1ccc(C(=O)N2C[C@H]3CC[C@@H](C2)N(Cc2ccccc2)C3=O)cc1F. The molecule has 3 aliphatic rings. The first-order chi connectivity index (χ1) is 13.0. The van der Waals surface area contributed by atoms with Gasteiger partial charge in [0.05, 0.1) is 5.92 Å². The summed E-state index contributed by atoms with van der Waals surface area (Å²) < 4.78 is 13.9. The second-order valence-corrected chi connectivity index (χ2v) is 7.55. The molecule has 5 heteroatoms. The van der Waals surface area contributed by atoms with Crippen LogP contribution in [-0.4, -0.2) is 40.7 Å².